The molecule has 1 unspecified atom stereocenters. The summed E-state index contributed by atoms with van der Waals surface area (Å²) in [7, 11) is 0. The smallest absolute Gasteiger partial charge is 0.321 e. The summed E-state index contributed by atoms with van der Waals surface area (Å²) in [4.78, 5) is 13.9. The van der Waals surface area contributed by atoms with Crippen molar-refractivity contribution in [2.45, 2.75) is 19.8 Å². The Balaban J connectivity index is 2.02. The predicted octanol–water partition coefficient (Wildman–Crippen LogP) is 3.85. The molecule has 1 aromatic carbocycles. The number of halogens is 2. The van der Waals surface area contributed by atoms with E-state index in [2.05, 4.69) is 28.2 Å². The van der Waals surface area contributed by atoms with Gasteiger partial charge in [0.15, 0.2) is 0 Å². The molecular weight excluding hydrogens is 299 g/mol. The highest BCUT2D eigenvalue weighted by atomic mass is 79.9. The first kappa shape index (κ1) is 13.3. The van der Waals surface area contributed by atoms with Crippen LogP contribution in [0.3, 0.4) is 0 Å². The summed E-state index contributed by atoms with van der Waals surface area (Å²) < 4.78 is 13.5. The Morgan fingerprint density at radius 3 is 3.00 bits per heavy atom. The van der Waals surface area contributed by atoms with Crippen molar-refractivity contribution in [3.05, 3.63) is 28.5 Å². The van der Waals surface area contributed by atoms with Crippen molar-refractivity contribution in [2.24, 2.45) is 5.92 Å². The number of hydrogen-bond donors (Lipinski definition) is 1. The Morgan fingerprint density at radius 1 is 1.56 bits per heavy atom. The second-order valence-corrected chi connectivity index (χ2v) is 5.60. The van der Waals surface area contributed by atoms with Crippen molar-refractivity contribution in [1.82, 2.24) is 4.90 Å². The number of nitrogens with zero attached hydrogens (tertiary/aromatic N) is 1. The van der Waals surface area contributed by atoms with Crippen LogP contribution in [0.1, 0.15) is 19.8 Å². The van der Waals surface area contributed by atoms with Gasteiger partial charge in [0.05, 0.1) is 5.69 Å². The molecule has 1 saturated heterocycles. The van der Waals surface area contributed by atoms with E-state index in [-0.39, 0.29) is 11.8 Å². The van der Waals surface area contributed by atoms with Gasteiger partial charge in [-0.25, -0.2) is 9.18 Å². The van der Waals surface area contributed by atoms with E-state index in [1.165, 1.54) is 18.6 Å². The van der Waals surface area contributed by atoms with Crippen LogP contribution in [-0.2, 0) is 0 Å². The Morgan fingerprint density at radius 2 is 2.33 bits per heavy atom. The van der Waals surface area contributed by atoms with Gasteiger partial charge in [-0.15, -0.1) is 0 Å². The first-order valence-electron chi connectivity index (χ1n) is 6.07. The maximum atomic E-state index is 12.9. The predicted molar refractivity (Wildman–Crippen MR) is 73.1 cm³/mol. The average molecular weight is 315 g/mol. The number of anilines is 1. The van der Waals surface area contributed by atoms with E-state index in [0.29, 0.717) is 16.1 Å². The molecule has 98 valence electrons. The largest absolute Gasteiger partial charge is 0.324 e. The molecule has 18 heavy (non-hydrogen) atoms. The van der Waals surface area contributed by atoms with Gasteiger partial charge >= 0.3 is 6.03 Å². The number of benzene rings is 1. The molecule has 0 saturated carbocycles. The Hall–Kier alpha value is -1.10. The molecule has 0 aromatic heterocycles. The first-order valence-corrected chi connectivity index (χ1v) is 6.86. The summed E-state index contributed by atoms with van der Waals surface area (Å²) in [6.45, 7) is 3.72. The van der Waals surface area contributed by atoms with Crippen LogP contribution in [0, 0.1) is 11.7 Å². The number of carbonyl (C=O) groups is 1. The van der Waals surface area contributed by atoms with Gasteiger partial charge in [-0.1, -0.05) is 6.92 Å². The zero-order chi connectivity index (χ0) is 13.1. The van der Waals surface area contributed by atoms with E-state index in [9.17, 15) is 9.18 Å². The molecule has 1 atom stereocenters. The topological polar surface area (TPSA) is 32.3 Å². The minimum Gasteiger partial charge on any atom is -0.324 e. The van der Waals surface area contributed by atoms with E-state index in [4.69, 9.17) is 0 Å². The molecule has 0 aliphatic carbocycles. The molecule has 1 aliphatic rings. The van der Waals surface area contributed by atoms with Crippen LogP contribution in [0.25, 0.3) is 0 Å². The van der Waals surface area contributed by atoms with E-state index in [1.54, 1.807) is 6.07 Å². The average Bonchev–Trinajstić information content (AvgIpc) is 2.32. The highest BCUT2D eigenvalue weighted by Crippen LogP contribution is 2.24. The van der Waals surface area contributed by atoms with Gasteiger partial charge < -0.3 is 10.2 Å². The number of nitrogens with one attached hydrogen (secondary N) is 1. The third kappa shape index (κ3) is 3.22. The van der Waals surface area contributed by atoms with E-state index < -0.39 is 0 Å². The van der Waals surface area contributed by atoms with Crippen LogP contribution in [-0.4, -0.2) is 24.0 Å². The minimum absolute atomic E-state index is 0.117. The highest BCUT2D eigenvalue weighted by molar-refractivity contribution is 9.10. The van der Waals surface area contributed by atoms with Gasteiger partial charge in [0, 0.05) is 17.6 Å². The molecule has 1 aromatic rings. The molecule has 0 radical (unpaired) electrons. The lowest BCUT2D eigenvalue weighted by Crippen LogP contribution is -2.41. The van der Waals surface area contributed by atoms with Crippen molar-refractivity contribution in [3.8, 4) is 0 Å². The molecule has 0 bridgehead atoms. The summed E-state index contributed by atoms with van der Waals surface area (Å²) in [6, 6.07) is 4.12. The van der Waals surface area contributed by atoms with Gasteiger partial charge in [-0.3, -0.25) is 0 Å². The van der Waals surface area contributed by atoms with Crippen molar-refractivity contribution in [1.29, 1.82) is 0 Å². The number of piperidine rings is 1. The number of urea groups is 1. The molecule has 0 spiro atoms. The first-order chi connectivity index (χ1) is 8.56. The maximum Gasteiger partial charge on any atom is 0.321 e. The maximum absolute atomic E-state index is 12.9. The van der Waals surface area contributed by atoms with Crippen LogP contribution < -0.4 is 5.32 Å². The highest BCUT2D eigenvalue weighted by Gasteiger charge is 2.21. The number of likely N-dealkylation sites (tertiary alicyclic amines) is 1. The van der Waals surface area contributed by atoms with Gasteiger partial charge in [-0.2, -0.15) is 0 Å². The normalized spacial score (nSPS) is 19.7. The van der Waals surface area contributed by atoms with Gasteiger partial charge in [0.2, 0.25) is 0 Å². The molecule has 1 fully saturated rings. The zero-order valence-electron chi connectivity index (χ0n) is 10.2. The van der Waals surface area contributed by atoms with Crippen LogP contribution in [0.15, 0.2) is 22.7 Å². The third-order valence-electron chi connectivity index (χ3n) is 3.12. The number of hydrogen-bond acceptors (Lipinski definition) is 1. The standard InChI is InChI=1S/C13H16BrFN2O/c1-9-3-2-6-17(8-9)13(18)16-12-5-4-10(15)7-11(12)14/h4-5,7,9H,2-3,6,8H2,1H3,(H,16,18). The van der Waals surface area contributed by atoms with Gasteiger partial charge in [0.25, 0.3) is 0 Å². The van der Waals surface area contributed by atoms with Crippen LogP contribution >= 0.6 is 15.9 Å². The summed E-state index contributed by atoms with van der Waals surface area (Å²) in [6.07, 6.45) is 2.21. The minimum atomic E-state index is -0.327. The van der Waals surface area contributed by atoms with Gasteiger partial charge in [-0.05, 0) is 52.9 Å². The Kier molecular flexibility index (Phi) is 4.22. The van der Waals surface area contributed by atoms with Gasteiger partial charge in [0.1, 0.15) is 5.82 Å². The van der Waals surface area contributed by atoms with Crippen LogP contribution in [0.2, 0.25) is 0 Å². The van der Waals surface area contributed by atoms with Crippen LogP contribution in [0.4, 0.5) is 14.9 Å². The quantitative estimate of drug-likeness (QED) is 0.839. The number of rotatable bonds is 1. The summed E-state index contributed by atoms with van der Waals surface area (Å²) in [5.41, 5.74) is 0.597. The molecule has 3 nitrogen and oxygen atoms in total. The third-order valence-corrected chi connectivity index (χ3v) is 3.77. The fourth-order valence-electron chi connectivity index (χ4n) is 2.16. The number of carbonyl (C=O) groups excluding carboxylic acids is 1. The van der Waals surface area contributed by atoms with Crippen molar-refractivity contribution >= 4 is 27.6 Å². The lowest BCUT2D eigenvalue weighted by Gasteiger charge is -2.31. The Labute approximate surface area is 114 Å². The second kappa shape index (κ2) is 5.69. The lowest BCUT2D eigenvalue weighted by atomic mass is 10.0. The van der Waals surface area contributed by atoms with Crippen molar-refractivity contribution in [2.75, 3.05) is 18.4 Å². The van der Waals surface area contributed by atoms with Crippen molar-refractivity contribution in [3.63, 3.8) is 0 Å². The lowest BCUT2D eigenvalue weighted by molar-refractivity contribution is 0.182. The molecule has 1 aliphatic heterocycles. The summed E-state index contributed by atoms with van der Waals surface area (Å²) >= 11 is 3.24. The van der Waals surface area contributed by atoms with E-state index in [1.807, 2.05) is 4.90 Å². The zero-order valence-corrected chi connectivity index (χ0v) is 11.8. The second-order valence-electron chi connectivity index (χ2n) is 4.75. The van der Waals surface area contributed by atoms with Crippen molar-refractivity contribution < 1.29 is 9.18 Å². The summed E-state index contributed by atoms with van der Waals surface area (Å²) in [5, 5.41) is 2.80. The van der Waals surface area contributed by atoms with E-state index >= 15 is 0 Å². The number of amides is 2. The fraction of sp³-hybridized carbons (Fsp3) is 0.462. The fourth-order valence-corrected chi connectivity index (χ4v) is 2.61. The summed E-state index contributed by atoms with van der Waals surface area (Å²) in [5.74, 6) is 0.215. The molecular formula is C13H16BrFN2O. The molecule has 2 rings (SSSR count). The van der Waals surface area contributed by atoms with E-state index in [0.717, 1.165) is 19.5 Å². The SMILES string of the molecule is CC1CCCN(C(=O)Nc2ccc(F)cc2Br)C1. The molecule has 1 N–H and O–H groups in total. The monoisotopic (exact) mass is 314 g/mol. The Bertz CT molecular complexity index is 453. The molecule has 2 amide bonds. The molecule has 5 heteroatoms. The molecule has 1 heterocycles. The van der Waals surface area contributed by atoms with Crippen LogP contribution in [0.5, 0.6) is 0 Å².